The summed E-state index contributed by atoms with van der Waals surface area (Å²) in [5.74, 6) is -0.0767. The minimum atomic E-state index is -0.844. The second-order valence-corrected chi connectivity index (χ2v) is 5.46. The second kappa shape index (κ2) is 6.57. The number of aliphatic hydroxyl groups excluding tert-OH is 1. The number of carbonyl (C=O) groups is 1. The monoisotopic (exact) mass is 266 g/mol. The lowest BCUT2D eigenvalue weighted by Gasteiger charge is -2.25. The number of carboxylic acid groups (broad SMARTS) is 1. The third kappa shape index (κ3) is 5.30. The van der Waals surface area contributed by atoms with Crippen molar-refractivity contribution in [3.8, 4) is 5.75 Å². The molecule has 0 aromatic heterocycles. The van der Waals surface area contributed by atoms with E-state index in [1.165, 1.54) is 0 Å². The number of aliphatic hydroxyl groups is 1. The summed E-state index contributed by atoms with van der Waals surface area (Å²) in [6, 6.07) is 7.25. The van der Waals surface area contributed by atoms with Gasteiger partial charge in [-0.25, -0.2) is 0 Å². The van der Waals surface area contributed by atoms with Crippen molar-refractivity contribution in [2.45, 2.75) is 39.7 Å². The Morgan fingerprint density at radius 2 is 1.89 bits per heavy atom. The van der Waals surface area contributed by atoms with Crippen molar-refractivity contribution in [1.29, 1.82) is 0 Å². The van der Waals surface area contributed by atoms with E-state index in [1.807, 2.05) is 45.0 Å². The zero-order valence-corrected chi connectivity index (χ0v) is 11.7. The second-order valence-electron chi connectivity index (χ2n) is 5.46. The van der Waals surface area contributed by atoms with Gasteiger partial charge in [0.25, 0.3) is 0 Å². The van der Waals surface area contributed by atoms with Gasteiger partial charge in [-0.3, -0.25) is 4.79 Å². The smallest absolute Gasteiger partial charge is 0.303 e. The standard InChI is InChI=1S/C15H22O4/c1-4-19-12-7-5-11(6-8-12)13(16)9-15(2,3)10-14(17)18/h5-8,13,16H,4,9-10H2,1-3H3,(H,17,18). The molecule has 0 radical (unpaired) electrons. The summed E-state index contributed by atoms with van der Waals surface area (Å²) in [6.45, 7) is 6.21. The molecule has 0 spiro atoms. The molecular weight excluding hydrogens is 244 g/mol. The minimum absolute atomic E-state index is 0.0427. The molecule has 4 nitrogen and oxygen atoms in total. The quantitative estimate of drug-likeness (QED) is 0.796. The van der Waals surface area contributed by atoms with Gasteiger partial charge in [0.15, 0.2) is 0 Å². The van der Waals surface area contributed by atoms with Crippen LogP contribution in [0.1, 0.15) is 45.3 Å². The fourth-order valence-electron chi connectivity index (χ4n) is 2.08. The molecule has 1 unspecified atom stereocenters. The SMILES string of the molecule is CCOc1ccc(C(O)CC(C)(C)CC(=O)O)cc1. The molecule has 0 aliphatic heterocycles. The van der Waals surface area contributed by atoms with Crippen LogP contribution in [0.25, 0.3) is 0 Å². The molecule has 19 heavy (non-hydrogen) atoms. The van der Waals surface area contributed by atoms with E-state index >= 15 is 0 Å². The van der Waals surface area contributed by atoms with E-state index in [0.29, 0.717) is 13.0 Å². The van der Waals surface area contributed by atoms with Crippen LogP contribution in [0.3, 0.4) is 0 Å². The Bertz CT molecular complexity index is 409. The predicted octanol–water partition coefficient (Wildman–Crippen LogP) is 3.01. The van der Waals surface area contributed by atoms with E-state index in [1.54, 1.807) is 0 Å². The Hall–Kier alpha value is -1.55. The number of aliphatic carboxylic acids is 1. The fraction of sp³-hybridized carbons (Fsp3) is 0.533. The van der Waals surface area contributed by atoms with Crippen LogP contribution in [0.5, 0.6) is 5.75 Å². The summed E-state index contributed by atoms with van der Waals surface area (Å²) in [5.41, 5.74) is 0.339. The predicted molar refractivity (Wildman–Crippen MR) is 73.2 cm³/mol. The van der Waals surface area contributed by atoms with Gasteiger partial charge in [-0.1, -0.05) is 26.0 Å². The van der Waals surface area contributed by atoms with Crippen LogP contribution >= 0.6 is 0 Å². The van der Waals surface area contributed by atoms with Crippen LogP contribution in [0, 0.1) is 5.41 Å². The number of hydrogen-bond acceptors (Lipinski definition) is 3. The molecule has 1 aromatic carbocycles. The van der Waals surface area contributed by atoms with Gasteiger partial charge in [0.2, 0.25) is 0 Å². The van der Waals surface area contributed by atoms with Gasteiger partial charge in [-0.15, -0.1) is 0 Å². The first kappa shape index (κ1) is 15.5. The van der Waals surface area contributed by atoms with Gasteiger partial charge in [0.1, 0.15) is 5.75 Å². The van der Waals surface area contributed by atoms with Crippen LogP contribution in [0.4, 0.5) is 0 Å². The maximum absolute atomic E-state index is 10.8. The first-order valence-corrected chi connectivity index (χ1v) is 6.46. The fourth-order valence-corrected chi connectivity index (χ4v) is 2.08. The average molecular weight is 266 g/mol. The molecule has 4 heteroatoms. The molecule has 0 fully saturated rings. The highest BCUT2D eigenvalue weighted by atomic mass is 16.5. The molecule has 0 aliphatic rings. The number of rotatable bonds is 7. The molecule has 0 amide bonds. The van der Waals surface area contributed by atoms with Crippen molar-refractivity contribution in [3.63, 3.8) is 0 Å². The van der Waals surface area contributed by atoms with E-state index in [4.69, 9.17) is 9.84 Å². The zero-order chi connectivity index (χ0) is 14.5. The van der Waals surface area contributed by atoms with Crippen molar-refractivity contribution >= 4 is 5.97 Å². The van der Waals surface area contributed by atoms with E-state index < -0.39 is 17.5 Å². The van der Waals surface area contributed by atoms with Crippen molar-refractivity contribution < 1.29 is 19.7 Å². The normalized spacial score (nSPS) is 13.1. The first-order chi connectivity index (χ1) is 8.84. The van der Waals surface area contributed by atoms with Crippen molar-refractivity contribution in [2.75, 3.05) is 6.61 Å². The highest BCUT2D eigenvalue weighted by Gasteiger charge is 2.25. The molecule has 2 N–H and O–H groups in total. The van der Waals surface area contributed by atoms with E-state index in [0.717, 1.165) is 11.3 Å². The van der Waals surface area contributed by atoms with Gasteiger partial charge >= 0.3 is 5.97 Å². The van der Waals surface area contributed by atoms with Gasteiger partial charge in [0, 0.05) is 0 Å². The number of carboxylic acids is 1. The number of benzene rings is 1. The summed E-state index contributed by atoms with van der Waals surface area (Å²) in [6.07, 6.45) is -0.209. The van der Waals surface area contributed by atoms with Crippen LogP contribution < -0.4 is 4.74 Å². The Labute approximate surface area is 114 Å². The molecule has 1 rings (SSSR count). The van der Waals surface area contributed by atoms with Crippen LogP contribution in [0.2, 0.25) is 0 Å². The summed E-state index contributed by atoms with van der Waals surface area (Å²) in [4.78, 5) is 10.8. The largest absolute Gasteiger partial charge is 0.494 e. The lowest BCUT2D eigenvalue weighted by Crippen LogP contribution is -2.20. The molecule has 1 aromatic rings. The number of ether oxygens (including phenoxy) is 1. The molecular formula is C15H22O4. The molecule has 1 atom stereocenters. The minimum Gasteiger partial charge on any atom is -0.494 e. The van der Waals surface area contributed by atoms with Gasteiger partial charge < -0.3 is 14.9 Å². The van der Waals surface area contributed by atoms with Crippen LogP contribution in [-0.2, 0) is 4.79 Å². The average Bonchev–Trinajstić information content (AvgIpc) is 2.27. The van der Waals surface area contributed by atoms with E-state index in [-0.39, 0.29) is 6.42 Å². The highest BCUT2D eigenvalue weighted by Crippen LogP contribution is 2.33. The summed E-state index contributed by atoms with van der Waals surface area (Å²) in [7, 11) is 0. The highest BCUT2D eigenvalue weighted by molar-refractivity contribution is 5.67. The zero-order valence-electron chi connectivity index (χ0n) is 11.7. The van der Waals surface area contributed by atoms with Crippen LogP contribution in [-0.4, -0.2) is 22.8 Å². The number of hydrogen-bond donors (Lipinski definition) is 2. The maximum Gasteiger partial charge on any atom is 0.303 e. The molecule has 0 bridgehead atoms. The van der Waals surface area contributed by atoms with Crippen molar-refractivity contribution in [3.05, 3.63) is 29.8 Å². The Kier molecular flexibility index (Phi) is 5.36. The third-order valence-corrected chi connectivity index (χ3v) is 2.95. The third-order valence-electron chi connectivity index (χ3n) is 2.95. The Balaban J connectivity index is 2.66. The Morgan fingerprint density at radius 1 is 1.32 bits per heavy atom. The molecule has 0 saturated carbocycles. The lowest BCUT2D eigenvalue weighted by molar-refractivity contribution is -0.139. The summed E-state index contributed by atoms with van der Waals surface area (Å²) < 4.78 is 5.33. The summed E-state index contributed by atoms with van der Waals surface area (Å²) in [5, 5.41) is 19.0. The molecule has 0 saturated heterocycles. The van der Waals surface area contributed by atoms with E-state index in [2.05, 4.69) is 0 Å². The van der Waals surface area contributed by atoms with Crippen LogP contribution in [0.15, 0.2) is 24.3 Å². The Morgan fingerprint density at radius 3 is 2.37 bits per heavy atom. The molecule has 0 heterocycles. The summed E-state index contributed by atoms with van der Waals surface area (Å²) >= 11 is 0. The van der Waals surface area contributed by atoms with Crippen molar-refractivity contribution in [2.24, 2.45) is 5.41 Å². The van der Waals surface area contributed by atoms with E-state index in [9.17, 15) is 9.90 Å². The maximum atomic E-state index is 10.8. The van der Waals surface area contributed by atoms with Gasteiger partial charge in [-0.05, 0) is 36.5 Å². The van der Waals surface area contributed by atoms with Crippen molar-refractivity contribution in [1.82, 2.24) is 0 Å². The first-order valence-electron chi connectivity index (χ1n) is 6.46. The molecule has 0 aliphatic carbocycles. The molecule has 106 valence electrons. The topological polar surface area (TPSA) is 66.8 Å². The van der Waals surface area contributed by atoms with Gasteiger partial charge in [-0.2, -0.15) is 0 Å². The van der Waals surface area contributed by atoms with Gasteiger partial charge in [0.05, 0.1) is 19.1 Å². The lowest BCUT2D eigenvalue weighted by atomic mass is 9.82.